The number of carbonyl (C=O) groups is 1. The Morgan fingerprint density at radius 3 is 2.59 bits per heavy atom. The fourth-order valence-corrected chi connectivity index (χ4v) is 2.00. The maximum absolute atomic E-state index is 11.3. The number of nitrogens with one attached hydrogen (secondary N) is 1. The number of nitrogens with two attached hydrogens (primary N) is 1. The molecule has 0 aromatic heterocycles. The summed E-state index contributed by atoms with van der Waals surface area (Å²) in [6.07, 6.45) is 6.63. The van der Waals surface area contributed by atoms with Gasteiger partial charge in [0.05, 0.1) is 6.54 Å². The van der Waals surface area contributed by atoms with Crippen molar-refractivity contribution in [1.29, 1.82) is 0 Å². The van der Waals surface area contributed by atoms with Crippen LogP contribution in [0.5, 0.6) is 0 Å². The maximum Gasteiger partial charge on any atom is 0.223 e. The third-order valence-electron chi connectivity index (χ3n) is 3.06. The first-order chi connectivity index (χ1) is 8.09. The molecule has 0 heterocycles. The van der Waals surface area contributed by atoms with Gasteiger partial charge in [0.25, 0.3) is 0 Å². The highest BCUT2D eigenvalue weighted by Gasteiger charge is 2.13. The summed E-state index contributed by atoms with van der Waals surface area (Å²) in [4.78, 5) is 17.1. The van der Waals surface area contributed by atoms with E-state index in [1.165, 1.54) is 32.1 Å². The van der Waals surface area contributed by atoms with Gasteiger partial charge in [0, 0.05) is 26.6 Å². The van der Waals surface area contributed by atoms with Gasteiger partial charge in [-0.15, -0.1) is 0 Å². The number of aliphatic imine (C=N–C) groups is 1. The first-order valence-corrected chi connectivity index (χ1v) is 6.36. The van der Waals surface area contributed by atoms with Gasteiger partial charge in [-0.3, -0.25) is 9.79 Å². The first-order valence-electron chi connectivity index (χ1n) is 6.36. The SMILES string of the molecule is CN(C)C(=O)CCN=C(N)NC1CCCCC1. The van der Waals surface area contributed by atoms with Crippen LogP contribution in [-0.4, -0.2) is 43.4 Å². The Kier molecular flexibility index (Phi) is 5.80. The average molecular weight is 240 g/mol. The summed E-state index contributed by atoms with van der Waals surface area (Å²) in [6, 6.07) is 0.469. The molecule has 1 rings (SSSR count). The minimum atomic E-state index is 0.0826. The summed E-state index contributed by atoms with van der Waals surface area (Å²) < 4.78 is 0. The monoisotopic (exact) mass is 240 g/mol. The van der Waals surface area contributed by atoms with Crippen LogP contribution in [-0.2, 0) is 4.79 Å². The summed E-state index contributed by atoms with van der Waals surface area (Å²) in [6.45, 7) is 0.461. The van der Waals surface area contributed by atoms with E-state index in [4.69, 9.17) is 5.73 Å². The Balaban J connectivity index is 2.21. The van der Waals surface area contributed by atoms with Gasteiger partial charge in [-0.1, -0.05) is 19.3 Å². The molecule has 1 amide bonds. The minimum absolute atomic E-state index is 0.0826. The van der Waals surface area contributed by atoms with Crippen molar-refractivity contribution in [2.75, 3.05) is 20.6 Å². The highest BCUT2D eigenvalue weighted by Crippen LogP contribution is 2.16. The number of amides is 1. The molecule has 0 aliphatic heterocycles. The molecule has 0 spiro atoms. The van der Waals surface area contributed by atoms with E-state index < -0.39 is 0 Å². The Labute approximate surface area is 103 Å². The van der Waals surface area contributed by atoms with Crippen LogP contribution < -0.4 is 11.1 Å². The zero-order chi connectivity index (χ0) is 12.7. The van der Waals surface area contributed by atoms with Crippen molar-refractivity contribution in [2.45, 2.75) is 44.6 Å². The van der Waals surface area contributed by atoms with Crippen molar-refractivity contribution >= 4 is 11.9 Å². The molecule has 0 saturated heterocycles. The number of hydrogen-bond acceptors (Lipinski definition) is 2. The molecule has 0 bridgehead atoms. The summed E-state index contributed by atoms with van der Waals surface area (Å²) in [5.41, 5.74) is 5.78. The fraction of sp³-hybridized carbons (Fsp3) is 0.833. The largest absolute Gasteiger partial charge is 0.370 e. The van der Waals surface area contributed by atoms with Gasteiger partial charge >= 0.3 is 0 Å². The van der Waals surface area contributed by atoms with E-state index in [0.717, 1.165) is 0 Å². The molecule has 1 aliphatic rings. The number of hydrogen-bond donors (Lipinski definition) is 2. The lowest BCUT2D eigenvalue weighted by Crippen LogP contribution is -2.41. The maximum atomic E-state index is 11.3. The molecule has 0 radical (unpaired) electrons. The topological polar surface area (TPSA) is 70.7 Å². The molecule has 0 aromatic carbocycles. The number of guanidine groups is 1. The van der Waals surface area contributed by atoms with Gasteiger partial charge in [-0.2, -0.15) is 0 Å². The third kappa shape index (κ3) is 5.56. The van der Waals surface area contributed by atoms with Crippen LogP contribution in [0, 0.1) is 0 Å². The van der Waals surface area contributed by atoms with Crippen molar-refractivity contribution in [3.63, 3.8) is 0 Å². The normalized spacial score (nSPS) is 17.9. The molecule has 1 fully saturated rings. The quantitative estimate of drug-likeness (QED) is 0.561. The van der Waals surface area contributed by atoms with Crippen LogP contribution in [0.2, 0.25) is 0 Å². The van der Waals surface area contributed by atoms with E-state index in [2.05, 4.69) is 10.3 Å². The molecule has 0 aromatic rings. The van der Waals surface area contributed by atoms with E-state index >= 15 is 0 Å². The Morgan fingerprint density at radius 1 is 1.35 bits per heavy atom. The van der Waals surface area contributed by atoms with E-state index in [-0.39, 0.29) is 5.91 Å². The smallest absolute Gasteiger partial charge is 0.223 e. The molecule has 1 saturated carbocycles. The summed E-state index contributed by atoms with van der Waals surface area (Å²) in [5.74, 6) is 0.558. The van der Waals surface area contributed by atoms with Crippen molar-refractivity contribution in [3.05, 3.63) is 0 Å². The van der Waals surface area contributed by atoms with Crippen LogP contribution in [0.15, 0.2) is 4.99 Å². The average Bonchev–Trinajstić information content (AvgIpc) is 2.30. The van der Waals surface area contributed by atoms with Gasteiger partial charge < -0.3 is 16.0 Å². The molecule has 0 atom stereocenters. The van der Waals surface area contributed by atoms with Crippen molar-refractivity contribution in [3.8, 4) is 0 Å². The Bertz CT molecular complexity index is 270. The standard InChI is InChI=1S/C12H24N4O/c1-16(2)11(17)8-9-14-12(13)15-10-6-4-3-5-7-10/h10H,3-9H2,1-2H3,(H3,13,14,15). The lowest BCUT2D eigenvalue weighted by molar-refractivity contribution is -0.128. The zero-order valence-electron chi connectivity index (χ0n) is 10.9. The van der Waals surface area contributed by atoms with Crippen LogP contribution in [0.3, 0.4) is 0 Å². The van der Waals surface area contributed by atoms with Crippen molar-refractivity contribution in [2.24, 2.45) is 10.7 Å². The third-order valence-corrected chi connectivity index (χ3v) is 3.06. The second-order valence-corrected chi connectivity index (χ2v) is 4.78. The summed E-state index contributed by atoms with van der Waals surface area (Å²) >= 11 is 0. The number of nitrogens with zero attached hydrogens (tertiary/aromatic N) is 2. The van der Waals surface area contributed by atoms with Gasteiger partial charge in [0.1, 0.15) is 0 Å². The van der Waals surface area contributed by atoms with Gasteiger partial charge in [-0.25, -0.2) is 0 Å². The highest BCUT2D eigenvalue weighted by atomic mass is 16.2. The molecule has 17 heavy (non-hydrogen) atoms. The molecular formula is C12H24N4O. The predicted molar refractivity (Wildman–Crippen MR) is 69.8 cm³/mol. The van der Waals surface area contributed by atoms with E-state index in [1.54, 1.807) is 19.0 Å². The van der Waals surface area contributed by atoms with Gasteiger partial charge in [0.2, 0.25) is 5.91 Å². The summed E-state index contributed by atoms with van der Waals surface area (Å²) in [5, 5.41) is 3.22. The summed E-state index contributed by atoms with van der Waals surface area (Å²) in [7, 11) is 3.49. The molecule has 3 N–H and O–H groups in total. The van der Waals surface area contributed by atoms with Crippen LogP contribution >= 0.6 is 0 Å². The van der Waals surface area contributed by atoms with Gasteiger partial charge in [0.15, 0.2) is 5.96 Å². The molecule has 98 valence electrons. The van der Waals surface area contributed by atoms with E-state index in [9.17, 15) is 4.79 Å². The fourth-order valence-electron chi connectivity index (χ4n) is 2.00. The zero-order valence-corrected chi connectivity index (χ0v) is 10.9. The highest BCUT2D eigenvalue weighted by molar-refractivity contribution is 5.79. The predicted octanol–water partition coefficient (Wildman–Crippen LogP) is 0.702. The molecule has 5 nitrogen and oxygen atoms in total. The van der Waals surface area contributed by atoms with Crippen molar-refractivity contribution in [1.82, 2.24) is 10.2 Å². The lowest BCUT2D eigenvalue weighted by Gasteiger charge is -2.23. The lowest BCUT2D eigenvalue weighted by atomic mass is 9.96. The molecule has 0 unspecified atom stereocenters. The molecule has 1 aliphatic carbocycles. The number of rotatable bonds is 4. The van der Waals surface area contributed by atoms with Crippen LogP contribution in [0.1, 0.15) is 38.5 Å². The number of carbonyl (C=O) groups excluding carboxylic acids is 1. The first kappa shape index (κ1) is 13.8. The van der Waals surface area contributed by atoms with E-state index in [0.29, 0.717) is 25.0 Å². The van der Waals surface area contributed by atoms with Crippen LogP contribution in [0.25, 0.3) is 0 Å². The minimum Gasteiger partial charge on any atom is -0.370 e. The molecule has 5 heteroatoms. The Hall–Kier alpha value is -1.26. The molecular weight excluding hydrogens is 216 g/mol. The second kappa shape index (κ2) is 7.14. The van der Waals surface area contributed by atoms with E-state index in [1.807, 2.05) is 0 Å². The van der Waals surface area contributed by atoms with Gasteiger partial charge in [-0.05, 0) is 12.8 Å². The second-order valence-electron chi connectivity index (χ2n) is 4.78. The van der Waals surface area contributed by atoms with Crippen LogP contribution in [0.4, 0.5) is 0 Å². The Morgan fingerprint density at radius 2 is 2.00 bits per heavy atom. The van der Waals surface area contributed by atoms with Crippen molar-refractivity contribution < 1.29 is 4.79 Å².